The van der Waals surface area contributed by atoms with Crippen molar-refractivity contribution >= 4 is 29.1 Å². The van der Waals surface area contributed by atoms with Crippen LogP contribution in [0.3, 0.4) is 0 Å². The van der Waals surface area contributed by atoms with Gasteiger partial charge in [-0.25, -0.2) is 18.6 Å². The smallest absolute Gasteiger partial charge is 0.338 e. The Morgan fingerprint density at radius 1 is 1.24 bits per heavy atom. The van der Waals surface area contributed by atoms with E-state index in [0.717, 1.165) is 6.07 Å². The average molecular weight is 490 g/mol. The van der Waals surface area contributed by atoms with Crippen LogP contribution in [0.1, 0.15) is 54.8 Å². The van der Waals surface area contributed by atoms with Gasteiger partial charge < -0.3 is 15.2 Å². The molecule has 7 nitrogen and oxygen atoms in total. The van der Waals surface area contributed by atoms with Gasteiger partial charge in [-0.05, 0) is 62.6 Å². The van der Waals surface area contributed by atoms with Gasteiger partial charge in [-0.15, -0.1) is 11.3 Å². The van der Waals surface area contributed by atoms with Crippen molar-refractivity contribution in [3.63, 3.8) is 0 Å². The maximum Gasteiger partial charge on any atom is 0.338 e. The molecule has 1 atom stereocenters. The molecule has 2 N–H and O–H groups in total. The van der Waals surface area contributed by atoms with Gasteiger partial charge in [-0.2, -0.15) is 0 Å². The van der Waals surface area contributed by atoms with Crippen molar-refractivity contribution in [3.8, 4) is 0 Å². The first kappa shape index (κ1) is 24.0. The predicted molar refractivity (Wildman–Crippen MR) is 122 cm³/mol. The zero-order valence-corrected chi connectivity index (χ0v) is 19.6. The second kappa shape index (κ2) is 10.0. The normalized spacial score (nSPS) is 22.7. The molecule has 1 aromatic carbocycles. The van der Waals surface area contributed by atoms with Crippen LogP contribution in [0.2, 0.25) is 0 Å². The van der Waals surface area contributed by atoms with Gasteiger partial charge in [-0.1, -0.05) is 6.07 Å². The molecule has 1 aromatic heterocycles. The highest BCUT2D eigenvalue weighted by atomic mass is 32.1. The lowest BCUT2D eigenvalue weighted by Gasteiger charge is -2.34. The molecule has 10 heteroatoms. The Kier molecular flexibility index (Phi) is 7.06. The van der Waals surface area contributed by atoms with Gasteiger partial charge >= 0.3 is 11.9 Å². The van der Waals surface area contributed by atoms with Crippen molar-refractivity contribution in [2.75, 3.05) is 6.61 Å². The molecule has 1 unspecified atom stereocenters. The number of benzene rings is 1. The molecule has 180 valence electrons. The Bertz CT molecular complexity index is 1160. The quantitative estimate of drug-likeness (QED) is 0.579. The number of carboxylic acid groups (broad SMARTS) is 1. The molecule has 1 aliphatic heterocycles. The Morgan fingerprint density at radius 3 is 2.59 bits per heavy atom. The topological polar surface area (TPSA) is 101 Å². The predicted octanol–water partition coefficient (Wildman–Crippen LogP) is 4.53. The third-order valence-electron chi connectivity index (χ3n) is 6.37. The van der Waals surface area contributed by atoms with E-state index in [-0.39, 0.29) is 23.7 Å². The summed E-state index contributed by atoms with van der Waals surface area (Å²) in [6.45, 7) is 3.28. The Labute approximate surface area is 199 Å². The number of hydrogen-bond donors (Lipinski definition) is 2. The number of halogens is 2. The Hall–Kier alpha value is -3.14. The van der Waals surface area contributed by atoms with Crippen molar-refractivity contribution in [2.45, 2.75) is 45.6 Å². The summed E-state index contributed by atoms with van der Waals surface area (Å²) >= 11 is 1.35. The van der Waals surface area contributed by atoms with E-state index in [4.69, 9.17) is 9.73 Å². The summed E-state index contributed by atoms with van der Waals surface area (Å²) in [6.07, 6.45) is 3.68. The zero-order chi connectivity index (χ0) is 24.4. The number of aliphatic carboxylic acids is 1. The first-order chi connectivity index (χ1) is 16.3. The van der Waals surface area contributed by atoms with Gasteiger partial charge in [0.05, 0.1) is 18.1 Å². The third kappa shape index (κ3) is 4.59. The van der Waals surface area contributed by atoms with Crippen molar-refractivity contribution in [1.29, 1.82) is 0 Å². The van der Waals surface area contributed by atoms with Crippen LogP contribution in [0.15, 0.2) is 40.0 Å². The standard InChI is InChI=1S/C24H25F2N3O4S/c1-3-33-24(32)17-19(13-4-6-14(7-5-13)23(30)31)28-21(22-27-10-11-34-22)29-20(17)15-8-9-16(25)18(26)12(15)2/h8-11,13-14,20H,3-7H2,1-2H3,(H,28,29)(H,30,31). The highest BCUT2D eigenvalue weighted by Crippen LogP contribution is 2.41. The third-order valence-corrected chi connectivity index (χ3v) is 7.15. The van der Waals surface area contributed by atoms with Crippen LogP contribution in [0.4, 0.5) is 8.78 Å². The molecule has 2 aliphatic rings. The molecule has 34 heavy (non-hydrogen) atoms. The number of carboxylic acids is 1. The van der Waals surface area contributed by atoms with E-state index < -0.39 is 35.5 Å². The van der Waals surface area contributed by atoms with Crippen LogP contribution >= 0.6 is 11.3 Å². The van der Waals surface area contributed by atoms with Crippen LogP contribution in [-0.4, -0.2) is 34.5 Å². The van der Waals surface area contributed by atoms with Crippen LogP contribution in [-0.2, 0) is 14.3 Å². The molecular weight excluding hydrogens is 464 g/mol. The molecule has 0 amide bonds. The minimum absolute atomic E-state index is 0.0601. The fraction of sp³-hybridized carbons (Fsp3) is 0.417. The minimum atomic E-state index is -0.992. The SMILES string of the molecule is CCOC(=O)C1=C(C2CCC(C(=O)O)CC2)NC(c2nccs2)=NC1c1ccc(F)c(F)c1C. The Balaban J connectivity index is 1.85. The fourth-order valence-corrected chi connectivity index (χ4v) is 5.17. The summed E-state index contributed by atoms with van der Waals surface area (Å²) in [7, 11) is 0. The number of aromatic nitrogens is 1. The summed E-state index contributed by atoms with van der Waals surface area (Å²) in [5.41, 5.74) is 1.23. The monoisotopic (exact) mass is 489 g/mol. The Morgan fingerprint density at radius 2 is 1.97 bits per heavy atom. The van der Waals surface area contributed by atoms with Gasteiger partial charge in [0.15, 0.2) is 22.5 Å². The lowest BCUT2D eigenvalue weighted by Crippen LogP contribution is -2.38. The van der Waals surface area contributed by atoms with Crippen molar-refractivity contribution < 1.29 is 28.2 Å². The molecular formula is C24H25F2N3O4S. The lowest BCUT2D eigenvalue weighted by atomic mass is 9.77. The molecule has 0 spiro atoms. The van der Waals surface area contributed by atoms with E-state index in [1.54, 1.807) is 18.5 Å². The summed E-state index contributed by atoms with van der Waals surface area (Å²) in [4.78, 5) is 33.7. The number of amidine groups is 1. The number of esters is 1. The van der Waals surface area contributed by atoms with Crippen molar-refractivity contribution in [1.82, 2.24) is 10.3 Å². The highest BCUT2D eigenvalue weighted by Gasteiger charge is 2.38. The molecule has 4 rings (SSSR count). The molecule has 0 radical (unpaired) electrons. The first-order valence-corrected chi connectivity index (χ1v) is 12.0. The number of ether oxygens (including phenoxy) is 1. The number of rotatable bonds is 6. The van der Waals surface area contributed by atoms with Gasteiger partial charge in [0, 0.05) is 17.3 Å². The van der Waals surface area contributed by atoms with Crippen LogP contribution in [0.5, 0.6) is 0 Å². The molecule has 2 heterocycles. The van der Waals surface area contributed by atoms with E-state index in [1.165, 1.54) is 24.3 Å². The van der Waals surface area contributed by atoms with Gasteiger partial charge in [0.2, 0.25) is 0 Å². The zero-order valence-electron chi connectivity index (χ0n) is 18.8. The number of hydrogen-bond acceptors (Lipinski definition) is 7. The number of carbonyl (C=O) groups excluding carboxylic acids is 1. The van der Waals surface area contributed by atoms with E-state index in [2.05, 4.69) is 10.3 Å². The number of nitrogens with one attached hydrogen (secondary N) is 1. The number of nitrogens with zero attached hydrogens (tertiary/aromatic N) is 2. The second-order valence-corrected chi connectivity index (χ2v) is 9.25. The molecule has 0 saturated heterocycles. The number of allylic oxidation sites excluding steroid dienone is 1. The first-order valence-electron chi connectivity index (χ1n) is 11.1. The van der Waals surface area contributed by atoms with Crippen LogP contribution < -0.4 is 5.32 Å². The van der Waals surface area contributed by atoms with Crippen LogP contribution in [0, 0.1) is 30.4 Å². The highest BCUT2D eigenvalue weighted by molar-refractivity contribution is 7.11. The molecule has 0 bridgehead atoms. The van der Waals surface area contributed by atoms with Gasteiger partial charge in [0.1, 0.15) is 6.04 Å². The number of thiazole rings is 1. The summed E-state index contributed by atoms with van der Waals surface area (Å²) < 4.78 is 33.8. The minimum Gasteiger partial charge on any atom is -0.481 e. The molecule has 1 fully saturated rings. The largest absolute Gasteiger partial charge is 0.481 e. The second-order valence-electron chi connectivity index (χ2n) is 8.35. The number of carbonyl (C=O) groups is 2. The maximum absolute atomic E-state index is 14.5. The lowest BCUT2D eigenvalue weighted by molar-refractivity contribution is -0.143. The summed E-state index contributed by atoms with van der Waals surface area (Å²) in [6, 6.07) is 1.53. The number of aliphatic imine (C=N–C) groups is 1. The van der Waals surface area contributed by atoms with E-state index in [1.807, 2.05) is 0 Å². The molecule has 1 saturated carbocycles. The van der Waals surface area contributed by atoms with Crippen molar-refractivity contribution in [3.05, 3.63) is 62.7 Å². The summed E-state index contributed by atoms with van der Waals surface area (Å²) in [5, 5.41) is 15.0. The van der Waals surface area contributed by atoms with Gasteiger partial charge in [-0.3, -0.25) is 9.79 Å². The summed E-state index contributed by atoms with van der Waals surface area (Å²) in [5.74, 6) is -3.54. The molecule has 1 aliphatic carbocycles. The molecule has 2 aromatic rings. The van der Waals surface area contributed by atoms with Gasteiger partial charge in [0.25, 0.3) is 0 Å². The van der Waals surface area contributed by atoms with E-state index >= 15 is 0 Å². The van der Waals surface area contributed by atoms with E-state index in [9.17, 15) is 23.5 Å². The van der Waals surface area contributed by atoms with Crippen LogP contribution in [0.25, 0.3) is 0 Å². The maximum atomic E-state index is 14.5. The fourth-order valence-electron chi connectivity index (χ4n) is 4.59. The van der Waals surface area contributed by atoms with E-state index in [0.29, 0.717) is 47.8 Å². The average Bonchev–Trinajstić information content (AvgIpc) is 3.37. The van der Waals surface area contributed by atoms with Crippen molar-refractivity contribution in [2.24, 2.45) is 16.8 Å².